The average molecular weight is 363 g/mol. The van der Waals surface area contributed by atoms with Gasteiger partial charge in [0.25, 0.3) is 0 Å². The zero-order valence-corrected chi connectivity index (χ0v) is 13.4. The van der Waals surface area contributed by atoms with Gasteiger partial charge in [0, 0.05) is 6.42 Å². The number of allylic oxidation sites excluding steroid dienone is 2. The van der Waals surface area contributed by atoms with Gasteiger partial charge in [0.05, 0.1) is 0 Å². The van der Waals surface area contributed by atoms with E-state index >= 15 is 0 Å². The van der Waals surface area contributed by atoms with E-state index in [4.69, 9.17) is 5.11 Å². The summed E-state index contributed by atoms with van der Waals surface area (Å²) in [6, 6.07) is 0. The van der Waals surface area contributed by atoms with Gasteiger partial charge in [-0.1, -0.05) is 70.4 Å². The second kappa shape index (κ2) is 25.7. The summed E-state index contributed by atoms with van der Waals surface area (Å²) in [6.07, 6.45) is 21.2. The van der Waals surface area contributed by atoms with Crippen LogP contribution in [0.5, 0.6) is 0 Å². The summed E-state index contributed by atoms with van der Waals surface area (Å²) in [5.41, 5.74) is 0. The van der Waals surface area contributed by atoms with Crippen molar-refractivity contribution in [2.45, 2.75) is 96.8 Å². The molecule has 0 rings (SSSR count). The van der Waals surface area contributed by atoms with Gasteiger partial charge in [0.1, 0.15) is 0 Å². The van der Waals surface area contributed by atoms with E-state index in [1.54, 1.807) is 0 Å². The number of carbonyl (C=O) groups is 1. The minimum absolute atomic E-state index is 0. The molecule has 2 nitrogen and oxygen atoms in total. The van der Waals surface area contributed by atoms with Crippen LogP contribution in [0.2, 0.25) is 0 Å². The Bertz CT molecular complexity index is 243. The third kappa shape index (κ3) is 27.3. The monoisotopic (exact) mass is 362 g/mol. The van der Waals surface area contributed by atoms with E-state index in [0.29, 0.717) is 6.42 Å². The van der Waals surface area contributed by atoms with Crippen molar-refractivity contribution in [1.29, 1.82) is 0 Å². The fraction of sp³-hybridized carbons (Fsp3) is 0.833. The van der Waals surface area contributed by atoms with Gasteiger partial charge in [-0.2, -0.15) is 0 Å². The van der Waals surface area contributed by atoms with Crippen LogP contribution in [-0.2, 0) is 4.79 Å². The van der Waals surface area contributed by atoms with Gasteiger partial charge >= 0.3 is 109 Å². The zero-order chi connectivity index (χ0) is 14.9. The molecule has 0 heterocycles. The predicted octanol–water partition coefficient (Wildman–Crippen LogP) is 4.81. The Balaban J connectivity index is -0.00000180. The molecule has 1 N–H and O–H groups in total. The molecule has 0 fully saturated rings. The molecule has 0 bridgehead atoms. The first-order valence-electron chi connectivity index (χ1n) is 8.64. The summed E-state index contributed by atoms with van der Waals surface area (Å²) >= 11 is 0. The number of hydrogen-bond donors (Lipinski definition) is 1. The van der Waals surface area contributed by atoms with Crippen molar-refractivity contribution in [1.82, 2.24) is 0 Å². The van der Waals surface area contributed by atoms with Gasteiger partial charge in [-0.05, 0) is 32.1 Å². The van der Waals surface area contributed by atoms with Gasteiger partial charge in [-0.15, -0.1) is 0 Å². The first-order chi connectivity index (χ1) is 9.77. The van der Waals surface area contributed by atoms with Gasteiger partial charge < -0.3 is 5.11 Å². The third-order valence-corrected chi connectivity index (χ3v) is 3.65. The van der Waals surface area contributed by atoms with Crippen molar-refractivity contribution >= 4 is 109 Å². The van der Waals surface area contributed by atoms with Crippen molar-refractivity contribution in [2.24, 2.45) is 0 Å². The molecular weight excluding hydrogens is 326 g/mol. The van der Waals surface area contributed by atoms with Crippen molar-refractivity contribution in [3.63, 3.8) is 0 Å². The van der Waals surface area contributed by atoms with Gasteiger partial charge in [-0.3, -0.25) is 4.79 Å². The first kappa shape index (κ1) is 29.3. The van der Waals surface area contributed by atoms with Crippen LogP contribution in [-0.4, -0.2) is 114 Å². The standard InChI is InChI=1S/C18H34O2.2K.2H/c1-2-3-4-5-6-7-8-9-10-11-12-13-14-15-16-17-18(19)20;;;;/h9-10H,2-8,11-17H2,1H3,(H,19,20);;;;/b10-9-;;;;. The molecule has 22 heavy (non-hydrogen) atoms. The van der Waals surface area contributed by atoms with Crippen molar-refractivity contribution < 1.29 is 9.90 Å². The Morgan fingerprint density at radius 2 is 1.14 bits per heavy atom. The van der Waals surface area contributed by atoms with Crippen LogP contribution in [0.4, 0.5) is 0 Å². The van der Waals surface area contributed by atoms with Gasteiger partial charge in [-0.25, -0.2) is 0 Å². The van der Waals surface area contributed by atoms with Crippen molar-refractivity contribution in [2.75, 3.05) is 0 Å². The molecule has 0 radical (unpaired) electrons. The molecule has 0 aliphatic heterocycles. The number of carboxylic acid groups (broad SMARTS) is 1. The normalized spacial score (nSPS) is 10.2. The van der Waals surface area contributed by atoms with E-state index in [-0.39, 0.29) is 103 Å². The fourth-order valence-electron chi connectivity index (χ4n) is 2.35. The second-order valence-corrected chi connectivity index (χ2v) is 5.73. The molecule has 0 aromatic heterocycles. The molecule has 0 saturated carbocycles. The van der Waals surface area contributed by atoms with E-state index < -0.39 is 5.97 Å². The molecule has 4 heteroatoms. The Morgan fingerprint density at radius 3 is 1.59 bits per heavy atom. The van der Waals surface area contributed by atoms with Crippen LogP contribution >= 0.6 is 0 Å². The molecule has 0 aromatic carbocycles. The molecule has 0 unspecified atom stereocenters. The summed E-state index contributed by atoms with van der Waals surface area (Å²) in [5.74, 6) is -0.664. The molecule has 0 aromatic rings. The number of hydrogen-bond acceptors (Lipinski definition) is 1. The zero-order valence-electron chi connectivity index (χ0n) is 13.4. The van der Waals surface area contributed by atoms with Crippen LogP contribution in [0.15, 0.2) is 12.2 Å². The van der Waals surface area contributed by atoms with E-state index in [9.17, 15) is 4.79 Å². The van der Waals surface area contributed by atoms with Gasteiger partial charge in [0.15, 0.2) is 0 Å². The van der Waals surface area contributed by atoms with Crippen molar-refractivity contribution in [3.05, 3.63) is 12.2 Å². The first-order valence-corrected chi connectivity index (χ1v) is 8.64. The maximum atomic E-state index is 10.3. The summed E-state index contributed by atoms with van der Waals surface area (Å²) in [6.45, 7) is 2.26. The predicted molar refractivity (Wildman–Crippen MR) is 101 cm³/mol. The topological polar surface area (TPSA) is 37.3 Å². The van der Waals surface area contributed by atoms with E-state index in [1.165, 1.54) is 70.6 Å². The summed E-state index contributed by atoms with van der Waals surface area (Å²) in [5, 5.41) is 8.51. The number of carboxylic acids is 1. The SMILES string of the molecule is CCCCCCCC/C=C\CCCCCCCC(=O)O.[KH].[KH]. The minimum atomic E-state index is -0.664. The van der Waals surface area contributed by atoms with E-state index in [1.807, 2.05) is 0 Å². The number of unbranched alkanes of at least 4 members (excludes halogenated alkanes) is 11. The molecule has 0 atom stereocenters. The van der Waals surface area contributed by atoms with Gasteiger partial charge in [0.2, 0.25) is 0 Å². The molecular formula is C18H36K2O2. The summed E-state index contributed by atoms with van der Waals surface area (Å²) in [7, 11) is 0. The number of aliphatic carboxylic acids is 1. The molecule has 0 saturated heterocycles. The molecule has 0 aliphatic rings. The molecule has 0 aliphatic carbocycles. The fourth-order valence-corrected chi connectivity index (χ4v) is 2.35. The molecule has 122 valence electrons. The van der Waals surface area contributed by atoms with Crippen LogP contribution < -0.4 is 0 Å². The second-order valence-electron chi connectivity index (χ2n) is 5.73. The quantitative estimate of drug-likeness (QED) is 0.258. The van der Waals surface area contributed by atoms with Crippen LogP contribution in [0.1, 0.15) is 96.8 Å². The number of rotatable bonds is 15. The maximum absolute atomic E-state index is 10.3. The summed E-state index contributed by atoms with van der Waals surface area (Å²) in [4.78, 5) is 10.3. The third-order valence-electron chi connectivity index (χ3n) is 3.65. The Kier molecular flexibility index (Phi) is 34.2. The van der Waals surface area contributed by atoms with Crippen LogP contribution in [0.25, 0.3) is 0 Å². The Labute approximate surface area is 223 Å². The van der Waals surface area contributed by atoms with Crippen molar-refractivity contribution in [3.8, 4) is 0 Å². The average Bonchev–Trinajstić information content (AvgIpc) is 2.43. The van der Waals surface area contributed by atoms with Crippen LogP contribution in [0.3, 0.4) is 0 Å². The van der Waals surface area contributed by atoms with Crippen LogP contribution in [0, 0.1) is 0 Å². The van der Waals surface area contributed by atoms with E-state index in [0.717, 1.165) is 12.8 Å². The molecule has 0 spiro atoms. The molecule has 0 amide bonds. The Hall–Kier alpha value is 2.48. The van der Waals surface area contributed by atoms with E-state index in [2.05, 4.69) is 19.1 Å². The summed E-state index contributed by atoms with van der Waals surface area (Å²) < 4.78 is 0. The Morgan fingerprint density at radius 1 is 0.727 bits per heavy atom.